The van der Waals surface area contributed by atoms with Gasteiger partial charge in [-0.05, 0) is 58.3 Å². The van der Waals surface area contributed by atoms with Crippen molar-refractivity contribution in [3.63, 3.8) is 0 Å². The molecule has 4 rings (SSSR count). The number of likely N-dealkylation sites (N-methyl/N-ethyl adjacent to an activating group) is 1. The third-order valence-corrected chi connectivity index (χ3v) is 5.57. The molecule has 0 spiro atoms. The molecule has 3 heterocycles. The van der Waals surface area contributed by atoms with Gasteiger partial charge in [0.15, 0.2) is 11.5 Å². The Morgan fingerprint density at radius 3 is 2.64 bits per heavy atom. The van der Waals surface area contributed by atoms with Crippen LogP contribution in [0.1, 0.15) is 19.5 Å². The van der Waals surface area contributed by atoms with Crippen molar-refractivity contribution in [3.8, 4) is 46.6 Å². The van der Waals surface area contributed by atoms with Gasteiger partial charge in [0.25, 0.3) is 11.8 Å². The first-order valence-corrected chi connectivity index (χ1v) is 11.3. The fraction of sp³-hybridized carbons (Fsp3) is 0.269. The maximum Gasteiger partial charge on any atom is 0.270 e. The van der Waals surface area contributed by atoms with Crippen LogP contribution < -0.4 is 11.1 Å². The summed E-state index contributed by atoms with van der Waals surface area (Å²) >= 11 is 0. The molecule has 0 amide bonds. The molecule has 36 heavy (non-hydrogen) atoms. The smallest absolute Gasteiger partial charge is 0.270 e. The average molecular weight is 487 g/mol. The first-order chi connectivity index (χ1) is 17.2. The molecule has 4 aromatic rings. The number of benzene rings is 1. The van der Waals surface area contributed by atoms with E-state index in [-0.39, 0.29) is 28.9 Å². The number of nitrogens with two attached hydrogens (primary N) is 1. The molecule has 184 valence electrons. The monoisotopic (exact) mass is 486 g/mol. The summed E-state index contributed by atoms with van der Waals surface area (Å²) in [6, 6.07) is 8.38. The van der Waals surface area contributed by atoms with Crippen LogP contribution in [0.3, 0.4) is 0 Å². The number of anilines is 2. The van der Waals surface area contributed by atoms with E-state index in [2.05, 4.69) is 36.4 Å². The van der Waals surface area contributed by atoms with Crippen molar-refractivity contribution in [3.05, 3.63) is 54.2 Å². The Hall–Kier alpha value is -4.36. The number of halogens is 1. The van der Waals surface area contributed by atoms with E-state index < -0.39 is 11.2 Å². The zero-order valence-corrected chi connectivity index (χ0v) is 20.6. The van der Waals surface area contributed by atoms with Crippen molar-refractivity contribution in [2.24, 2.45) is 0 Å². The van der Waals surface area contributed by atoms with Gasteiger partial charge in [-0.1, -0.05) is 5.92 Å². The molecule has 0 radical (unpaired) electrons. The van der Waals surface area contributed by atoms with Gasteiger partial charge in [0.1, 0.15) is 5.82 Å². The third kappa shape index (κ3) is 5.31. The van der Waals surface area contributed by atoms with Crippen molar-refractivity contribution in [1.82, 2.24) is 30.0 Å². The second-order valence-electron chi connectivity index (χ2n) is 9.03. The number of hydrogen-bond donors (Lipinski definition) is 2. The van der Waals surface area contributed by atoms with Gasteiger partial charge < -0.3 is 20.4 Å². The fourth-order valence-corrected chi connectivity index (χ4v) is 3.35. The number of nitrogens with zero attached hydrogens (tertiary/aromatic N) is 6. The van der Waals surface area contributed by atoms with E-state index in [1.165, 1.54) is 6.07 Å². The van der Waals surface area contributed by atoms with Crippen LogP contribution in [0.2, 0.25) is 0 Å². The summed E-state index contributed by atoms with van der Waals surface area (Å²) in [5.41, 5.74) is 8.53. The molecule has 0 saturated heterocycles. The quantitative estimate of drug-likeness (QED) is 0.358. The molecule has 0 aliphatic rings. The average Bonchev–Trinajstić information content (AvgIpc) is 3.34. The van der Waals surface area contributed by atoms with Gasteiger partial charge >= 0.3 is 0 Å². The van der Waals surface area contributed by atoms with E-state index in [4.69, 9.17) is 16.6 Å². The fourth-order valence-electron chi connectivity index (χ4n) is 3.35. The number of hydrogen-bond acceptors (Lipinski definition) is 9. The maximum atomic E-state index is 14.8. The van der Waals surface area contributed by atoms with Crippen LogP contribution in [0.15, 0.2) is 47.1 Å². The molecule has 10 heteroatoms. The first-order valence-electron chi connectivity index (χ1n) is 11.3. The number of nitrogen functional groups attached to an aromatic ring is 1. The summed E-state index contributed by atoms with van der Waals surface area (Å²) in [6.45, 7) is 5.32. The summed E-state index contributed by atoms with van der Waals surface area (Å²) in [5, 5.41) is 11.2. The highest BCUT2D eigenvalue weighted by Gasteiger charge is 2.21. The standard InChI is InChI=1S/C26H27FN8O/c1-6-26(2,3)21-13-16(9-10-30-21)20-15-31-23(28)22(32-20)25-34-33-24(36-25)18-8-7-17(14-19(18)27)29-11-12-35(4)5/h1,7-10,13-15,29H,11-12H2,2-5H3,(H2,28,31). The van der Waals surface area contributed by atoms with Crippen LogP contribution in [0.25, 0.3) is 34.3 Å². The molecule has 0 atom stereocenters. The molecule has 1 aromatic carbocycles. The van der Waals surface area contributed by atoms with Gasteiger partial charge in [-0.15, -0.1) is 16.6 Å². The van der Waals surface area contributed by atoms with Gasteiger partial charge in [-0.25, -0.2) is 14.4 Å². The Bertz CT molecular complexity index is 1420. The summed E-state index contributed by atoms with van der Waals surface area (Å²) in [7, 11) is 3.94. The molecule has 3 N–H and O–H groups in total. The van der Waals surface area contributed by atoms with Crippen LogP contribution in [0.4, 0.5) is 15.9 Å². The van der Waals surface area contributed by atoms with E-state index in [1.807, 2.05) is 38.9 Å². The van der Waals surface area contributed by atoms with Gasteiger partial charge in [-0.3, -0.25) is 4.98 Å². The van der Waals surface area contributed by atoms with Crippen LogP contribution in [0, 0.1) is 18.2 Å². The number of aromatic nitrogens is 5. The lowest BCUT2D eigenvalue weighted by molar-refractivity contribution is 0.425. The van der Waals surface area contributed by atoms with Gasteiger partial charge in [0, 0.05) is 30.5 Å². The van der Waals surface area contributed by atoms with E-state index in [0.717, 1.165) is 17.8 Å². The van der Waals surface area contributed by atoms with E-state index in [0.29, 0.717) is 17.9 Å². The summed E-state index contributed by atoms with van der Waals surface area (Å²) in [4.78, 5) is 15.2. The molecule has 0 aliphatic carbocycles. The second-order valence-corrected chi connectivity index (χ2v) is 9.03. The minimum atomic E-state index is -0.553. The van der Waals surface area contributed by atoms with E-state index >= 15 is 0 Å². The number of rotatable bonds is 8. The van der Waals surface area contributed by atoms with Crippen LogP contribution >= 0.6 is 0 Å². The predicted octanol–water partition coefficient (Wildman–Crippen LogP) is 3.86. The van der Waals surface area contributed by atoms with Crippen LogP contribution in [0.5, 0.6) is 0 Å². The van der Waals surface area contributed by atoms with Crippen LogP contribution in [-0.2, 0) is 5.41 Å². The lowest BCUT2D eigenvalue weighted by atomic mass is 9.89. The zero-order valence-electron chi connectivity index (χ0n) is 20.6. The lowest BCUT2D eigenvalue weighted by Crippen LogP contribution is -2.20. The SMILES string of the molecule is C#CC(C)(C)c1cc(-c2cnc(N)c(-c3nnc(-c4ccc(NCCN(C)C)cc4F)o3)n2)ccn1. The second kappa shape index (κ2) is 10.1. The molecule has 3 aromatic heterocycles. The summed E-state index contributed by atoms with van der Waals surface area (Å²) in [5.74, 6) is 2.39. The van der Waals surface area contributed by atoms with E-state index in [9.17, 15) is 4.39 Å². The summed E-state index contributed by atoms with van der Waals surface area (Å²) < 4.78 is 20.6. The minimum Gasteiger partial charge on any atom is -0.414 e. The van der Waals surface area contributed by atoms with Gasteiger partial charge in [-0.2, -0.15) is 0 Å². The normalized spacial score (nSPS) is 11.5. The van der Waals surface area contributed by atoms with E-state index in [1.54, 1.807) is 30.6 Å². The number of nitrogens with one attached hydrogen (secondary N) is 1. The Morgan fingerprint density at radius 1 is 1.14 bits per heavy atom. The Kier molecular flexibility index (Phi) is 6.94. The minimum absolute atomic E-state index is 0.0101. The Balaban J connectivity index is 1.61. The molecule has 0 fully saturated rings. The maximum absolute atomic E-state index is 14.8. The predicted molar refractivity (Wildman–Crippen MR) is 137 cm³/mol. The zero-order chi connectivity index (χ0) is 25.9. The van der Waals surface area contributed by atoms with Crippen molar-refractivity contribution < 1.29 is 8.81 Å². The number of terminal acetylenes is 1. The van der Waals surface area contributed by atoms with Gasteiger partial charge in [0.2, 0.25) is 0 Å². The van der Waals surface area contributed by atoms with Crippen molar-refractivity contribution in [2.75, 3.05) is 38.2 Å². The molecular weight excluding hydrogens is 459 g/mol. The third-order valence-electron chi connectivity index (χ3n) is 5.57. The Labute approximate surface area is 209 Å². The molecular formula is C26H27FN8O. The highest BCUT2D eigenvalue weighted by molar-refractivity contribution is 5.69. The number of pyridine rings is 1. The van der Waals surface area contributed by atoms with Crippen LogP contribution in [-0.4, -0.2) is 57.2 Å². The lowest BCUT2D eigenvalue weighted by Gasteiger charge is -2.17. The molecule has 0 unspecified atom stereocenters. The van der Waals surface area contributed by atoms with Gasteiger partial charge in [0.05, 0.1) is 28.6 Å². The largest absolute Gasteiger partial charge is 0.414 e. The Morgan fingerprint density at radius 2 is 1.92 bits per heavy atom. The molecule has 0 bridgehead atoms. The highest BCUT2D eigenvalue weighted by atomic mass is 19.1. The van der Waals surface area contributed by atoms with Crippen molar-refractivity contribution in [1.29, 1.82) is 0 Å². The molecule has 9 nitrogen and oxygen atoms in total. The molecule has 0 aliphatic heterocycles. The topological polar surface area (TPSA) is 119 Å². The van der Waals surface area contributed by atoms with Crippen molar-refractivity contribution in [2.45, 2.75) is 19.3 Å². The first kappa shape index (κ1) is 24.8. The van der Waals surface area contributed by atoms with Crippen molar-refractivity contribution >= 4 is 11.5 Å². The summed E-state index contributed by atoms with van der Waals surface area (Å²) in [6.07, 6.45) is 8.86. The highest BCUT2D eigenvalue weighted by Crippen LogP contribution is 2.30. The molecule has 0 saturated carbocycles.